The molecule has 7 nitrogen and oxygen atoms in total. The third-order valence-corrected chi connectivity index (χ3v) is 6.01. The molecular weight excluding hydrogens is 402 g/mol. The van der Waals surface area contributed by atoms with Crippen LogP contribution in [0, 0.1) is 0 Å². The molecule has 1 fully saturated rings. The molecule has 30 heavy (non-hydrogen) atoms. The number of nitrogens with one attached hydrogen (secondary N) is 1. The van der Waals surface area contributed by atoms with E-state index in [-0.39, 0.29) is 5.56 Å². The summed E-state index contributed by atoms with van der Waals surface area (Å²) in [5.74, 6) is 1.12. The molecule has 1 aliphatic carbocycles. The summed E-state index contributed by atoms with van der Waals surface area (Å²) in [7, 11) is -0.893. The van der Waals surface area contributed by atoms with Crippen LogP contribution in [0.5, 0.6) is 0 Å². The molecule has 0 radical (unpaired) electrons. The zero-order valence-electron chi connectivity index (χ0n) is 16.4. The molecular formula is C22H21N3O4S. The fourth-order valence-corrected chi connectivity index (χ4v) is 4.17. The maximum Gasteiger partial charge on any atom is 0.258 e. The van der Waals surface area contributed by atoms with Gasteiger partial charge in [0.25, 0.3) is 5.56 Å². The summed E-state index contributed by atoms with van der Waals surface area (Å²) >= 11 is 0. The van der Waals surface area contributed by atoms with E-state index in [4.69, 9.17) is 9.40 Å². The van der Waals surface area contributed by atoms with E-state index in [1.807, 2.05) is 42.6 Å². The van der Waals surface area contributed by atoms with Crippen molar-refractivity contribution >= 4 is 32.8 Å². The first-order chi connectivity index (χ1) is 14.5. The Morgan fingerprint density at radius 2 is 1.93 bits per heavy atom. The van der Waals surface area contributed by atoms with E-state index in [2.05, 4.69) is 4.72 Å². The van der Waals surface area contributed by atoms with Crippen molar-refractivity contribution in [1.82, 2.24) is 14.3 Å². The van der Waals surface area contributed by atoms with Gasteiger partial charge in [-0.25, -0.2) is 18.1 Å². The summed E-state index contributed by atoms with van der Waals surface area (Å²) in [6.07, 6.45) is 4.52. The zero-order chi connectivity index (χ0) is 20.8. The molecule has 0 saturated heterocycles. The summed E-state index contributed by atoms with van der Waals surface area (Å²) in [5.41, 5.74) is 4.11. The number of oxazole rings is 1. The predicted octanol–water partition coefficient (Wildman–Crippen LogP) is 2.88. The average Bonchev–Trinajstić information content (AvgIpc) is 3.49. The molecule has 5 rings (SSSR count). The van der Waals surface area contributed by atoms with Gasteiger partial charge < -0.3 is 8.98 Å². The lowest BCUT2D eigenvalue weighted by atomic mass is 9.97. The number of thiol groups is 1. The summed E-state index contributed by atoms with van der Waals surface area (Å²) in [6.45, 7) is 0.311. The third kappa shape index (κ3) is 3.42. The van der Waals surface area contributed by atoms with Gasteiger partial charge in [0, 0.05) is 42.2 Å². The average molecular weight is 423 g/mol. The second-order valence-corrected chi connectivity index (χ2v) is 8.57. The van der Waals surface area contributed by atoms with Crippen molar-refractivity contribution in [2.45, 2.75) is 25.2 Å². The van der Waals surface area contributed by atoms with E-state index in [0.717, 1.165) is 46.3 Å². The number of aromatic nitrogens is 2. The van der Waals surface area contributed by atoms with Gasteiger partial charge in [-0.15, -0.1) is 0 Å². The number of rotatable bonds is 6. The maximum absolute atomic E-state index is 12.6. The molecule has 0 atom stereocenters. The first kappa shape index (κ1) is 19.0. The Bertz CT molecular complexity index is 1410. The molecule has 2 aromatic heterocycles. The molecule has 1 N–H and O–H groups in total. The second kappa shape index (κ2) is 7.37. The van der Waals surface area contributed by atoms with Gasteiger partial charge in [0.15, 0.2) is 11.5 Å². The molecule has 0 aliphatic heterocycles. The van der Waals surface area contributed by atoms with Crippen molar-refractivity contribution in [3.63, 3.8) is 0 Å². The Hall–Kier alpha value is -2.97. The number of nitrogens with zero attached hydrogens (tertiary/aromatic N) is 2. The summed E-state index contributed by atoms with van der Waals surface area (Å²) in [6, 6.07) is 11.5. The van der Waals surface area contributed by atoms with Crippen LogP contribution < -0.4 is 10.3 Å². The summed E-state index contributed by atoms with van der Waals surface area (Å²) in [4.78, 5) is 17.3. The van der Waals surface area contributed by atoms with Crippen LogP contribution in [0.4, 0.5) is 0 Å². The minimum atomic E-state index is -2.63. The predicted molar refractivity (Wildman–Crippen MR) is 116 cm³/mol. The highest BCUT2D eigenvalue weighted by atomic mass is 32.2. The number of hydrogen-bond acceptors (Lipinski definition) is 5. The normalized spacial score (nSPS) is 14.2. The summed E-state index contributed by atoms with van der Waals surface area (Å²) < 4.78 is 31.9. The smallest absolute Gasteiger partial charge is 0.258 e. The first-order valence-electron chi connectivity index (χ1n) is 9.91. The molecule has 2 aromatic carbocycles. The van der Waals surface area contributed by atoms with Crippen molar-refractivity contribution in [3.8, 4) is 11.1 Å². The molecule has 0 bridgehead atoms. The number of pyridine rings is 1. The number of fused-ring (bicyclic) bond motifs is 2. The Labute approximate surface area is 174 Å². The monoisotopic (exact) mass is 423 g/mol. The number of aryl methyl sites for hydroxylation is 1. The Kier molecular flexibility index (Phi) is 4.67. The van der Waals surface area contributed by atoms with Gasteiger partial charge in [0.1, 0.15) is 5.52 Å². The van der Waals surface area contributed by atoms with Crippen molar-refractivity contribution in [2.75, 3.05) is 6.54 Å². The molecule has 8 heteroatoms. The van der Waals surface area contributed by atoms with Crippen molar-refractivity contribution < 1.29 is 12.8 Å². The van der Waals surface area contributed by atoms with Gasteiger partial charge >= 0.3 is 0 Å². The van der Waals surface area contributed by atoms with Crippen LogP contribution >= 0.6 is 0 Å². The highest BCUT2D eigenvalue weighted by Gasteiger charge is 2.29. The third-order valence-electron chi connectivity index (χ3n) is 5.53. The van der Waals surface area contributed by atoms with Gasteiger partial charge in [-0.3, -0.25) is 4.79 Å². The Morgan fingerprint density at radius 1 is 1.17 bits per heavy atom. The second-order valence-electron chi connectivity index (χ2n) is 7.74. The summed E-state index contributed by atoms with van der Waals surface area (Å²) in [5, 5.41) is 1.49. The van der Waals surface area contributed by atoms with Crippen LogP contribution in [0.15, 0.2) is 51.8 Å². The largest absolute Gasteiger partial charge is 0.440 e. The first-order valence-corrected chi connectivity index (χ1v) is 11.1. The topological polar surface area (TPSA) is 94.2 Å². The van der Waals surface area contributed by atoms with Gasteiger partial charge in [-0.2, -0.15) is 0 Å². The minimum Gasteiger partial charge on any atom is -0.440 e. The van der Waals surface area contributed by atoms with Crippen molar-refractivity contribution in [3.05, 3.63) is 64.4 Å². The van der Waals surface area contributed by atoms with E-state index in [0.29, 0.717) is 29.9 Å². The molecule has 2 heterocycles. The van der Waals surface area contributed by atoms with E-state index >= 15 is 0 Å². The molecule has 0 unspecified atom stereocenters. The van der Waals surface area contributed by atoms with E-state index in [1.54, 1.807) is 11.6 Å². The van der Waals surface area contributed by atoms with Crippen molar-refractivity contribution in [2.24, 2.45) is 7.05 Å². The quantitative estimate of drug-likeness (QED) is 0.465. The lowest BCUT2D eigenvalue weighted by molar-refractivity contribution is 0.534. The molecule has 0 spiro atoms. The Morgan fingerprint density at radius 3 is 2.67 bits per heavy atom. The molecule has 1 saturated carbocycles. The fourth-order valence-electron chi connectivity index (χ4n) is 3.88. The van der Waals surface area contributed by atoms with Crippen molar-refractivity contribution in [1.29, 1.82) is 0 Å². The van der Waals surface area contributed by atoms with Gasteiger partial charge in [0.05, 0.1) is 0 Å². The number of hydrogen-bond donors (Lipinski definition) is 2. The van der Waals surface area contributed by atoms with Crippen LogP contribution in [0.3, 0.4) is 0 Å². The number of benzene rings is 2. The Balaban J connectivity index is 1.74. The van der Waals surface area contributed by atoms with Gasteiger partial charge in [-0.05, 0) is 48.4 Å². The van der Waals surface area contributed by atoms with Gasteiger partial charge in [0.2, 0.25) is 10.9 Å². The van der Waals surface area contributed by atoms with Crippen LogP contribution in [0.25, 0.3) is 33.0 Å². The maximum atomic E-state index is 12.6. The highest BCUT2D eigenvalue weighted by molar-refractivity contribution is 7.70. The van der Waals surface area contributed by atoms with E-state index in [9.17, 15) is 13.2 Å². The molecule has 154 valence electrons. The molecule has 1 aliphatic rings. The van der Waals surface area contributed by atoms with Crippen LogP contribution in [-0.4, -0.2) is 24.5 Å². The van der Waals surface area contributed by atoms with E-state index < -0.39 is 10.9 Å². The van der Waals surface area contributed by atoms with E-state index in [1.165, 1.54) is 0 Å². The SMILES string of the molecule is Cn1cc(-c2cc(CCN[SH](=O)=O)cc3nc(C4CC4)oc23)c2ccccc2c1=O. The zero-order valence-corrected chi connectivity index (χ0v) is 17.3. The lowest BCUT2D eigenvalue weighted by Crippen LogP contribution is -2.16. The molecule has 4 aromatic rings. The minimum absolute atomic E-state index is 0.0542. The lowest BCUT2D eigenvalue weighted by Gasteiger charge is -2.11. The fraction of sp³-hybridized carbons (Fsp3) is 0.273. The van der Waals surface area contributed by atoms with Gasteiger partial charge in [-0.1, -0.05) is 18.2 Å². The van der Waals surface area contributed by atoms with Crippen LogP contribution in [-0.2, 0) is 24.4 Å². The highest BCUT2D eigenvalue weighted by Crippen LogP contribution is 2.42. The van der Waals surface area contributed by atoms with Crippen LogP contribution in [0.2, 0.25) is 0 Å². The standard InChI is InChI=1S/C22H21N3O4S/c1-25-12-18(15-4-2-3-5-16(15)22(25)26)17-10-13(8-9-23-30(27)28)11-19-20(17)29-21(24-19)14-6-7-14/h2-5,10-12,14,30H,6-9H2,1H3,(H,23,27,28). The molecule has 0 amide bonds. The van der Waals surface area contributed by atoms with Crippen LogP contribution in [0.1, 0.15) is 30.2 Å².